The Morgan fingerprint density at radius 1 is 1.16 bits per heavy atom. The van der Waals surface area contributed by atoms with Gasteiger partial charge < -0.3 is 14.2 Å². The molecule has 0 heterocycles. The highest BCUT2D eigenvalue weighted by molar-refractivity contribution is 8.22. The summed E-state index contributed by atoms with van der Waals surface area (Å²) >= 11 is 0. The Labute approximate surface area is 152 Å². The molecule has 144 valence electrons. The molecule has 0 radical (unpaired) electrons. The van der Waals surface area contributed by atoms with Gasteiger partial charge in [-0.2, -0.15) is 0 Å². The molecule has 0 saturated carbocycles. The lowest BCUT2D eigenvalue weighted by molar-refractivity contribution is -0.114. The highest BCUT2D eigenvalue weighted by atomic mass is 32.3. The van der Waals surface area contributed by atoms with E-state index in [1.165, 1.54) is 6.92 Å². The van der Waals surface area contributed by atoms with E-state index in [4.69, 9.17) is 8.85 Å². The third-order valence-corrected chi connectivity index (χ3v) is 8.11. The fourth-order valence-electron chi connectivity index (χ4n) is 2.44. The average Bonchev–Trinajstić information content (AvgIpc) is 2.52. The second-order valence-electron chi connectivity index (χ2n) is 5.75. The van der Waals surface area contributed by atoms with Gasteiger partial charge in [0.15, 0.2) is 0 Å². The summed E-state index contributed by atoms with van der Waals surface area (Å²) in [7, 11) is -5.26. The monoisotopic (exact) mass is 390 g/mol. The molecule has 1 rings (SSSR count). The zero-order valence-corrected chi connectivity index (χ0v) is 17.2. The Balaban J connectivity index is 2.53. The first kappa shape index (κ1) is 22.1. The van der Waals surface area contributed by atoms with E-state index in [0.29, 0.717) is 30.3 Å². The van der Waals surface area contributed by atoms with Crippen LogP contribution in [0.4, 0.5) is 5.69 Å². The Bertz CT molecular complexity index is 536. The van der Waals surface area contributed by atoms with Crippen LogP contribution >= 0.6 is 10.8 Å². The van der Waals surface area contributed by atoms with Crippen molar-refractivity contribution in [1.82, 2.24) is 4.72 Å². The first-order chi connectivity index (χ1) is 11.7. The zero-order chi connectivity index (χ0) is 18.9. The van der Waals surface area contributed by atoms with Crippen molar-refractivity contribution in [3.63, 3.8) is 0 Å². The molecule has 0 aromatic heterocycles. The summed E-state index contributed by atoms with van der Waals surface area (Å²) in [4.78, 5) is 11.4. The van der Waals surface area contributed by atoms with E-state index in [9.17, 15) is 13.9 Å². The fraction of sp³-hybridized carbons (Fsp3) is 0.562. The van der Waals surface area contributed by atoms with Crippen molar-refractivity contribution in [2.75, 3.05) is 25.1 Å². The largest absolute Gasteiger partial charge is 0.395 e. The third kappa shape index (κ3) is 7.86. The lowest BCUT2D eigenvalue weighted by atomic mass is 10.3. The van der Waals surface area contributed by atoms with Gasteiger partial charge in [-0.3, -0.25) is 13.9 Å². The van der Waals surface area contributed by atoms with Gasteiger partial charge in [0.05, 0.1) is 4.90 Å². The maximum absolute atomic E-state index is 11.0. The highest BCUT2D eigenvalue weighted by Gasteiger charge is 2.30. The minimum absolute atomic E-state index is 0.173. The molecule has 25 heavy (non-hydrogen) atoms. The van der Waals surface area contributed by atoms with E-state index in [2.05, 4.69) is 10.0 Å². The maximum Gasteiger partial charge on any atom is 0.334 e. The van der Waals surface area contributed by atoms with Crippen LogP contribution in [0.15, 0.2) is 29.2 Å². The van der Waals surface area contributed by atoms with Gasteiger partial charge in [0.2, 0.25) is 5.91 Å². The molecule has 1 aromatic carbocycles. The number of rotatable bonds is 11. The summed E-state index contributed by atoms with van der Waals surface area (Å²) in [6.07, 6.45) is 0.725. The SMILES string of the molecule is CCO[Si](C)(CCCNS(O)(O)c1ccc(NC(C)=O)cc1)OCC. The lowest BCUT2D eigenvalue weighted by Crippen LogP contribution is -2.39. The van der Waals surface area contributed by atoms with E-state index in [1.807, 2.05) is 20.4 Å². The molecule has 0 aliphatic heterocycles. The van der Waals surface area contributed by atoms with Crippen molar-refractivity contribution in [2.45, 2.75) is 44.7 Å². The molecule has 0 spiro atoms. The summed E-state index contributed by atoms with van der Waals surface area (Å²) in [5, 5.41) is 2.64. The number of carbonyl (C=O) groups excluding carboxylic acids is 1. The van der Waals surface area contributed by atoms with Crippen molar-refractivity contribution in [2.24, 2.45) is 0 Å². The van der Waals surface area contributed by atoms with Crippen LogP contribution in [-0.2, 0) is 13.6 Å². The first-order valence-electron chi connectivity index (χ1n) is 8.41. The van der Waals surface area contributed by atoms with Crippen molar-refractivity contribution < 1.29 is 22.8 Å². The topological polar surface area (TPSA) is 100 Å². The number of nitrogens with one attached hydrogen (secondary N) is 2. The maximum atomic E-state index is 11.0. The van der Waals surface area contributed by atoms with Gasteiger partial charge in [0.1, 0.15) is 0 Å². The van der Waals surface area contributed by atoms with Crippen LogP contribution in [0.1, 0.15) is 27.2 Å². The highest BCUT2D eigenvalue weighted by Crippen LogP contribution is 2.44. The standard InChI is InChI=1S/C16H30N2O5SSi/c1-5-22-25(4,23-6-2)13-7-12-17-24(20,21)16-10-8-15(9-11-16)18-14(3)19/h8-11,17,20-21H,5-7,12-13H2,1-4H3,(H,18,19). The molecule has 0 fully saturated rings. The predicted octanol–water partition coefficient (Wildman–Crippen LogP) is 3.79. The summed E-state index contributed by atoms with van der Waals surface area (Å²) < 4.78 is 34.9. The van der Waals surface area contributed by atoms with Crippen LogP contribution < -0.4 is 10.0 Å². The Morgan fingerprint density at radius 2 is 1.72 bits per heavy atom. The molecule has 7 nitrogen and oxygen atoms in total. The number of carbonyl (C=O) groups is 1. The lowest BCUT2D eigenvalue weighted by Gasteiger charge is -2.33. The van der Waals surface area contributed by atoms with Gasteiger partial charge in [0.25, 0.3) is 0 Å². The molecule has 0 aliphatic rings. The van der Waals surface area contributed by atoms with Crippen LogP contribution in [0.5, 0.6) is 0 Å². The molecule has 0 unspecified atom stereocenters. The van der Waals surface area contributed by atoms with Crippen LogP contribution in [-0.4, -0.2) is 43.3 Å². The number of hydrogen-bond donors (Lipinski definition) is 4. The van der Waals surface area contributed by atoms with E-state index < -0.39 is 19.3 Å². The average molecular weight is 391 g/mol. The van der Waals surface area contributed by atoms with Crippen LogP contribution in [0, 0.1) is 0 Å². The van der Waals surface area contributed by atoms with Crippen molar-refractivity contribution in [3.05, 3.63) is 24.3 Å². The minimum atomic E-state index is -3.08. The summed E-state index contributed by atoms with van der Waals surface area (Å²) in [5.41, 5.74) is 0.613. The van der Waals surface area contributed by atoms with Gasteiger partial charge in [-0.1, -0.05) is 0 Å². The van der Waals surface area contributed by atoms with Crippen LogP contribution in [0.3, 0.4) is 0 Å². The Morgan fingerprint density at radius 3 is 2.20 bits per heavy atom. The van der Waals surface area contributed by atoms with Crippen LogP contribution in [0.25, 0.3) is 0 Å². The fourth-order valence-corrected chi connectivity index (χ4v) is 5.96. The van der Waals surface area contributed by atoms with E-state index in [1.54, 1.807) is 24.3 Å². The zero-order valence-electron chi connectivity index (χ0n) is 15.4. The van der Waals surface area contributed by atoms with Gasteiger partial charge in [-0.05, 0) is 57.1 Å². The summed E-state index contributed by atoms with van der Waals surface area (Å²) in [5.74, 6) is -0.173. The second-order valence-corrected chi connectivity index (χ2v) is 11.0. The van der Waals surface area contributed by atoms with Gasteiger partial charge in [0, 0.05) is 32.4 Å². The summed E-state index contributed by atoms with van der Waals surface area (Å²) in [6, 6.07) is 7.24. The molecule has 0 aliphatic carbocycles. The van der Waals surface area contributed by atoms with E-state index in [-0.39, 0.29) is 5.91 Å². The van der Waals surface area contributed by atoms with E-state index in [0.717, 1.165) is 12.5 Å². The molecule has 1 aromatic rings. The van der Waals surface area contributed by atoms with Gasteiger partial charge in [-0.15, -0.1) is 10.8 Å². The normalized spacial score (nSPS) is 12.9. The van der Waals surface area contributed by atoms with Crippen LogP contribution in [0.2, 0.25) is 12.6 Å². The van der Waals surface area contributed by atoms with Gasteiger partial charge >= 0.3 is 8.56 Å². The minimum Gasteiger partial charge on any atom is -0.395 e. The third-order valence-electron chi connectivity index (χ3n) is 3.51. The van der Waals surface area contributed by atoms with Crippen molar-refractivity contribution >= 4 is 30.9 Å². The number of hydrogen-bond acceptors (Lipinski definition) is 6. The molecule has 0 atom stereocenters. The quantitative estimate of drug-likeness (QED) is 0.339. The molecule has 9 heteroatoms. The Hall–Kier alpha value is -0.943. The summed E-state index contributed by atoms with van der Waals surface area (Å²) in [6.45, 7) is 9.02. The second kappa shape index (κ2) is 10.3. The Kier molecular flexibility index (Phi) is 9.07. The molecule has 4 N–H and O–H groups in total. The van der Waals surface area contributed by atoms with Crippen molar-refractivity contribution in [1.29, 1.82) is 0 Å². The molecule has 0 saturated heterocycles. The molecule has 1 amide bonds. The van der Waals surface area contributed by atoms with Gasteiger partial charge in [-0.25, -0.2) is 4.72 Å². The van der Waals surface area contributed by atoms with Crippen molar-refractivity contribution in [3.8, 4) is 0 Å². The van der Waals surface area contributed by atoms with E-state index >= 15 is 0 Å². The number of anilines is 1. The number of benzene rings is 1. The predicted molar refractivity (Wildman–Crippen MR) is 104 cm³/mol. The molecular weight excluding hydrogens is 360 g/mol. The smallest absolute Gasteiger partial charge is 0.334 e. The number of amides is 1. The first-order valence-corrected chi connectivity index (χ1v) is 12.5. The molecular formula is C16H30N2O5SSi. The molecule has 0 bridgehead atoms.